The molecule has 8 heavy (non-hydrogen) atoms. The van der Waals surface area contributed by atoms with Crippen LogP contribution in [0.1, 0.15) is 0 Å². The van der Waals surface area contributed by atoms with Gasteiger partial charge in [0.1, 0.15) is 0 Å². The first kappa shape index (κ1) is 7.72. The summed E-state index contributed by atoms with van der Waals surface area (Å²) in [5, 5.41) is 2.33. The van der Waals surface area contributed by atoms with Crippen molar-refractivity contribution in [2.75, 3.05) is 7.05 Å². The third-order valence-corrected chi connectivity index (χ3v) is 0.718. The second-order valence-corrected chi connectivity index (χ2v) is 2.13. The molecule has 0 aromatic heterocycles. The second kappa shape index (κ2) is 3.69. The molecule has 0 unspecified atom stereocenters. The molecule has 0 fully saturated rings. The summed E-state index contributed by atoms with van der Waals surface area (Å²) in [6.45, 7) is 0. The first-order chi connectivity index (χ1) is 3.66. The van der Waals surface area contributed by atoms with Gasteiger partial charge in [-0.15, -0.1) is 16.0 Å². The standard InChI is InChI=1S/C4H6ClNOS/c1-6-4(7)2-3(5)8/h2,8H,1H3,(H,6,7)/p-1. The van der Waals surface area contributed by atoms with Gasteiger partial charge in [0.05, 0.1) is 0 Å². The first-order valence-electron chi connectivity index (χ1n) is 1.92. The highest BCUT2D eigenvalue weighted by molar-refractivity contribution is 7.66. The molecule has 0 spiro atoms. The number of carbonyl (C=O) groups excluding carboxylic acids is 1. The molecule has 0 aliphatic heterocycles. The summed E-state index contributed by atoms with van der Waals surface area (Å²) in [6.07, 6.45) is 1.14. The Morgan fingerprint density at radius 1 is 1.88 bits per heavy atom. The number of hydrogen-bond donors (Lipinski definition) is 1. The van der Waals surface area contributed by atoms with E-state index in [1.165, 1.54) is 7.05 Å². The Morgan fingerprint density at radius 2 is 2.38 bits per heavy atom. The van der Waals surface area contributed by atoms with Crippen LogP contribution in [0, 0.1) is 0 Å². The van der Waals surface area contributed by atoms with Crippen LogP contribution in [0.4, 0.5) is 0 Å². The Bertz CT molecular complexity index is 119. The van der Waals surface area contributed by atoms with Crippen molar-refractivity contribution in [3.8, 4) is 0 Å². The number of nitrogens with one attached hydrogen (secondary N) is 1. The zero-order chi connectivity index (χ0) is 6.57. The van der Waals surface area contributed by atoms with E-state index >= 15 is 0 Å². The largest absolute Gasteiger partial charge is 0.768 e. The summed E-state index contributed by atoms with van der Waals surface area (Å²) in [6, 6.07) is 0. The molecule has 2 nitrogen and oxygen atoms in total. The van der Waals surface area contributed by atoms with Gasteiger partial charge in [0, 0.05) is 7.05 Å². The van der Waals surface area contributed by atoms with Gasteiger partial charge in [-0.25, -0.2) is 0 Å². The van der Waals surface area contributed by atoms with Crippen molar-refractivity contribution in [3.63, 3.8) is 0 Å². The topological polar surface area (TPSA) is 29.1 Å². The average Bonchev–Trinajstić information content (AvgIpc) is 1.65. The SMILES string of the molecule is CNC(=O)C=C([S-])Cl. The zero-order valence-corrected chi connectivity index (χ0v) is 5.84. The van der Waals surface area contributed by atoms with E-state index in [2.05, 4.69) is 17.9 Å². The van der Waals surface area contributed by atoms with Crippen LogP contribution in [0.3, 0.4) is 0 Å². The van der Waals surface area contributed by atoms with Crippen molar-refractivity contribution in [3.05, 3.63) is 10.4 Å². The zero-order valence-electron chi connectivity index (χ0n) is 4.27. The fourth-order valence-corrected chi connectivity index (χ4v) is 0.381. The minimum atomic E-state index is -0.273. The van der Waals surface area contributed by atoms with Gasteiger partial charge in [0.25, 0.3) is 0 Å². The fourth-order valence-electron chi connectivity index (χ4n) is 0.175. The van der Waals surface area contributed by atoms with Crippen LogP contribution < -0.4 is 5.32 Å². The molecule has 0 atom stereocenters. The third-order valence-electron chi connectivity index (χ3n) is 0.491. The Balaban J connectivity index is 3.70. The number of amides is 1. The van der Waals surface area contributed by atoms with Gasteiger partial charge in [-0.05, 0) is 6.08 Å². The van der Waals surface area contributed by atoms with E-state index in [-0.39, 0.29) is 10.3 Å². The van der Waals surface area contributed by atoms with Crippen molar-refractivity contribution < 1.29 is 4.79 Å². The number of rotatable bonds is 1. The molecule has 0 aromatic rings. The van der Waals surface area contributed by atoms with Crippen LogP contribution in [0.25, 0.3) is 0 Å². The molecule has 0 saturated heterocycles. The summed E-state index contributed by atoms with van der Waals surface area (Å²) >= 11 is 9.55. The van der Waals surface area contributed by atoms with Gasteiger partial charge in [-0.2, -0.15) is 0 Å². The van der Waals surface area contributed by atoms with E-state index in [0.29, 0.717) is 0 Å². The summed E-state index contributed by atoms with van der Waals surface area (Å²) in [4.78, 5) is 10.3. The molecule has 0 rings (SSSR count). The molecule has 4 heteroatoms. The van der Waals surface area contributed by atoms with E-state index in [9.17, 15) is 4.79 Å². The Morgan fingerprint density at radius 3 is 2.50 bits per heavy atom. The van der Waals surface area contributed by atoms with Crippen LogP contribution in [0.2, 0.25) is 0 Å². The van der Waals surface area contributed by atoms with E-state index in [1.54, 1.807) is 0 Å². The minimum absolute atomic E-state index is 0.0735. The lowest BCUT2D eigenvalue weighted by molar-refractivity contribution is -0.116. The van der Waals surface area contributed by atoms with Gasteiger partial charge >= 0.3 is 0 Å². The Hall–Kier alpha value is -0.280. The summed E-state index contributed by atoms with van der Waals surface area (Å²) in [7, 11) is 1.51. The molecule has 1 N–H and O–H groups in total. The molecule has 0 aromatic carbocycles. The first-order valence-corrected chi connectivity index (χ1v) is 2.71. The molecule has 1 amide bonds. The maximum absolute atomic E-state index is 10.3. The van der Waals surface area contributed by atoms with Crippen molar-refractivity contribution in [1.82, 2.24) is 5.32 Å². The highest BCUT2D eigenvalue weighted by atomic mass is 35.5. The third kappa shape index (κ3) is 3.89. The lowest BCUT2D eigenvalue weighted by Crippen LogP contribution is -2.14. The van der Waals surface area contributed by atoms with Crippen molar-refractivity contribution in [2.45, 2.75) is 0 Å². The summed E-state index contributed by atoms with van der Waals surface area (Å²) in [5.41, 5.74) is 0. The summed E-state index contributed by atoms with van der Waals surface area (Å²) < 4.78 is 0.0735. The van der Waals surface area contributed by atoms with Gasteiger partial charge in [-0.3, -0.25) is 4.79 Å². The molecule has 0 heterocycles. The minimum Gasteiger partial charge on any atom is -0.768 e. The molecular weight excluding hydrogens is 146 g/mol. The predicted molar refractivity (Wildman–Crippen MR) is 35.4 cm³/mol. The molecule has 0 bridgehead atoms. The maximum atomic E-state index is 10.3. The number of hydrogen-bond acceptors (Lipinski definition) is 2. The molecule has 46 valence electrons. The predicted octanol–water partition coefficient (Wildman–Crippen LogP) is 0.359. The van der Waals surface area contributed by atoms with E-state index in [0.717, 1.165) is 6.08 Å². The highest BCUT2D eigenvalue weighted by Crippen LogP contribution is 1.93. The van der Waals surface area contributed by atoms with Gasteiger partial charge < -0.3 is 17.9 Å². The number of carbonyl (C=O) groups is 1. The average molecular weight is 151 g/mol. The van der Waals surface area contributed by atoms with Crippen LogP contribution in [0.5, 0.6) is 0 Å². The van der Waals surface area contributed by atoms with Crippen molar-refractivity contribution >= 4 is 30.1 Å². The van der Waals surface area contributed by atoms with Gasteiger partial charge in [0.15, 0.2) is 0 Å². The van der Waals surface area contributed by atoms with Crippen LogP contribution >= 0.6 is 11.6 Å². The van der Waals surface area contributed by atoms with E-state index in [1.807, 2.05) is 0 Å². The van der Waals surface area contributed by atoms with E-state index in [4.69, 9.17) is 11.6 Å². The Labute approximate surface area is 58.3 Å². The number of halogens is 1. The van der Waals surface area contributed by atoms with Crippen LogP contribution in [0.15, 0.2) is 10.4 Å². The Kier molecular flexibility index (Phi) is 3.56. The molecule has 0 aliphatic carbocycles. The highest BCUT2D eigenvalue weighted by Gasteiger charge is 1.83. The quantitative estimate of drug-likeness (QED) is 0.432. The van der Waals surface area contributed by atoms with Gasteiger partial charge in [-0.1, -0.05) is 0 Å². The van der Waals surface area contributed by atoms with Crippen molar-refractivity contribution in [1.29, 1.82) is 0 Å². The monoisotopic (exact) mass is 150 g/mol. The van der Waals surface area contributed by atoms with E-state index < -0.39 is 0 Å². The van der Waals surface area contributed by atoms with Crippen LogP contribution in [-0.4, -0.2) is 13.0 Å². The van der Waals surface area contributed by atoms with Gasteiger partial charge in [0.2, 0.25) is 5.91 Å². The lowest BCUT2D eigenvalue weighted by Gasteiger charge is -1.97. The second-order valence-electron chi connectivity index (χ2n) is 1.06. The smallest absolute Gasteiger partial charge is 0.243 e. The molecular formula is C4H5ClNOS-. The number of likely N-dealkylation sites (N-methyl/N-ethyl adjacent to an activating group) is 1. The normalized spacial score (nSPS) is 11.0. The fraction of sp³-hybridized carbons (Fsp3) is 0.250. The lowest BCUT2D eigenvalue weighted by atomic mass is 10.6. The maximum Gasteiger partial charge on any atom is 0.243 e. The van der Waals surface area contributed by atoms with Crippen molar-refractivity contribution in [2.24, 2.45) is 0 Å². The molecule has 0 radical (unpaired) electrons. The molecule has 0 saturated carbocycles. The summed E-state index contributed by atoms with van der Waals surface area (Å²) in [5.74, 6) is -0.273. The van der Waals surface area contributed by atoms with Crippen LogP contribution in [-0.2, 0) is 17.4 Å². The molecule has 0 aliphatic rings.